The lowest BCUT2D eigenvalue weighted by atomic mass is 9.77. The first-order valence-electron chi connectivity index (χ1n) is 11.5. The lowest BCUT2D eigenvalue weighted by Gasteiger charge is -2.47. The van der Waals surface area contributed by atoms with Crippen molar-refractivity contribution in [3.63, 3.8) is 0 Å². The minimum Gasteiger partial charge on any atom is -0.543 e. The normalized spacial score (nSPS) is 21.4. The van der Waals surface area contributed by atoms with E-state index in [9.17, 15) is 34.2 Å². The average Bonchev–Trinajstić information content (AvgIpc) is 3.46. The molecule has 0 aliphatic carbocycles. The first-order valence-corrected chi connectivity index (χ1v) is 12.3. The number of hydrogen-bond acceptors (Lipinski definition) is 9. The average molecular weight is 539 g/mol. The van der Waals surface area contributed by atoms with Gasteiger partial charge in [-0.05, 0) is 26.0 Å². The van der Waals surface area contributed by atoms with Crippen molar-refractivity contribution in [3.8, 4) is 0 Å². The van der Waals surface area contributed by atoms with Crippen LogP contribution in [0.4, 0.5) is 4.79 Å². The zero-order valence-corrected chi connectivity index (χ0v) is 21.2. The second kappa shape index (κ2) is 8.56. The van der Waals surface area contributed by atoms with E-state index in [4.69, 9.17) is 11.5 Å². The molecular formula is C24H22N6O7S. The number of amides is 3. The van der Waals surface area contributed by atoms with Crippen molar-refractivity contribution in [1.29, 1.82) is 0 Å². The van der Waals surface area contributed by atoms with Gasteiger partial charge >= 0.3 is 6.03 Å². The highest BCUT2D eigenvalue weighted by atomic mass is 32.1. The number of carboxylic acids is 1. The topological polar surface area (TPSA) is 205 Å². The van der Waals surface area contributed by atoms with Crippen molar-refractivity contribution in [1.82, 2.24) is 14.3 Å². The summed E-state index contributed by atoms with van der Waals surface area (Å²) in [6.07, 6.45) is 1.85. The molecule has 2 aliphatic rings. The number of nitrogens with two attached hydrogens (primary N) is 2. The minimum atomic E-state index is -1.56. The van der Waals surface area contributed by atoms with Gasteiger partial charge in [0, 0.05) is 17.7 Å². The maximum absolute atomic E-state index is 13.6. The van der Waals surface area contributed by atoms with E-state index in [2.05, 4.69) is 4.98 Å². The molecule has 13 nitrogen and oxygen atoms in total. The van der Waals surface area contributed by atoms with E-state index < -0.39 is 53.6 Å². The van der Waals surface area contributed by atoms with Gasteiger partial charge in [-0.25, -0.2) is 4.98 Å². The number of rotatable bonds is 6. The van der Waals surface area contributed by atoms with E-state index in [-0.39, 0.29) is 38.9 Å². The van der Waals surface area contributed by atoms with Crippen LogP contribution in [0.1, 0.15) is 51.1 Å². The Bertz CT molecular complexity index is 1630. The van der Waals surface area contributed by atoms with Crippen LogP contribution in [0.3, 0.4) is 0 Å². The number of aliphatic hydroxyl groups is 1. The van der Waals surface area contributed by atoms with Crippen molar-refractivity contribution in [2.75, 3.05) is 0 Å². The molecule has 5 heterocycles. The van der Waals surface area contributed by atoms with Crippen molar-refractivity contribution >= 4 is 51.3 Å². The Morgan fingerprint density at radius 1 is 1.26 bits per heavy atom. The molecule has 5 rings (SSSR count). The molecule has 0 unspecified atom stereocenters. The third-order valence-electron chi connectivity index (χ3n) is 7.12. The lowest BCUT2D eigenvalue weighted by Crippen LogP contribution is -2.64. The summed E-state index contributed by atoms with van der Waals surface area (Å²) >= 11 is 0.990. The minimum absolute atomic E-state index is 0.107. The summed E-state index contributed by atoms with van der Waals surface area (Å²) in [5.74, 6) is -5.17. The molecule has 5 N–H and O–H groups in total. The highest BCUT2D eigenvalue weighted by Gasteiger charge is 2.59. The first-order chi connectivity index (χ1) is 17.9. The number of hydrogen-bond donors (Lipinski definition) is 3. The number of aromatic nitrogens is 3. The number of nitrogens with zero attached hydrogens (tertiary/aromatic N) is 4. The number of β-lactam (4-membered cyclic amide) rings is 1. The zero-order valence-electron chi connectivity index (χ0n) is 20.4. The number of carbonyl (C=O) groups excluding carboxylic acids is 5. The van der Waals surface area contributed by atoms with Crippen molar-refractivity contribution in [2.45, 2.75) is 32.9 Å². The predicted octanol–water partition coefficient (Wildman–Crippen LogP) is -1.43. The number of thiazole rings is 1. The summed E-state index contributed by atoms with van der Waals surface area (Å²) in [7, 11) is 0. The number of aliphatic carboxylic acids is 1. The fraction of sp³-hybridized carbons (Fsp3) is 0.292. The largest absolute Gasteiger partial charge is 0.543 e. The highest BCUT2D eigenvalue weighted by Crippen LogP contribution is 2.51. The second-order valence-corrected chi connectivity index (χ2v) is 10.3. The number of carboxylic acid groups (broad SMARTS) is 1. The van der Waals surface area contributed by atoms with Gasteiger partial charge in [-0.15, -0.1) is 11.3 Å². The van der Waals surface area contributed by atoms with Gasteiger partial charge in [-0.2, -0.15) is 9.36 Å². The molecule has 3 amide bonds. The Hall–Kier alpha value is -4.43. The fourth-order valence-corrected chi connectivity index (χ4v) is 6.64. The molecule has 3 aromatic rings. The van der Waals surface area contributed by atoms with Crippen LogP contribution in [0.15, 0.2) is 30.2 Å². The molecule has 0 aromatic carbocycles. The first kappa shape index (κ1) is 25.2. The molecule has 3 aromatic heterocycles. The number of pyridine rings is 1. The number of fused-ring (bicyclic) bond motifs is 2. The van der Waals surface area contributed by atoms with E-state index in [0.29, 0.717) is 4.88 Å². The summed E-state index contributed by atoms with van der Waals surface area (Å²) < 4.78 is 2.39. The molecule has 1 saturated heterocycles. The summed E-state index contributed by atoms with van der Waals surface area (Å²) in [5.41, 5.74) is 11.1. The van der Waals surface area contributed by atoms with Crippen molar-refractivity contribution in [2.24, 2.45) is 23.3 Å². The molecule has 1 fully saturated rings. The highest BCUT2D eigenvalue weighted by molar-refractivity contribution is 7.18. The third kappa shape index (κ3) is 3.37. The number of ketones is 1. The Labute approximate surface area is 218 Å². The molecule has 38 heavy (non-hydrogen) atoms. The van der Waals surface area contributed by atoms with Crippen LogP contribution in [0.25, 0.3) is 10.4 Å². The molecule has 0 spiro atoms. The molecule has 2 aliphatic heterocycles. The molecule has 14 heteroatoms. The molecular weight excluding hydrogens is 516 g/mol. The fourth-order valence-electron chi connectivity index (χ4n) is 5.41. The van der Waals surface area contributed by atoms with E-state index in [0.717, 1.165) is 20.8 Å². The Balaban J connectivity index is 1.69. The van der Waals surface area contributed by atoms with Gasteiger partial charge in [-0.1, -0.05) is 6.92 Å². The number of primary amides is 2. The van der Waals surface area contributed by atoms with E-state index in [1.807, 2.05) is 0 Å². The van der Waals surface area contributed by atoms with Gasteiger partial charge in [0.25, 0.3) is 5.91 Å². The standard InChI is InChI=1S/C24H22N6O7S/c1-8-13(17(23(35)36)30-16(8)14(10(3)31)21(30)34)12-7-29-20(19(25)33)27-15(22(29)38-12)18(32)11-5-4-6-28(9(11)2)24(26)37/h4-8,10,14,16,31H,1-3H3,(H4-,25,26,33,35,36,37)/t8-,10+,14+,16+/m0/s1. The summed E-state index contributed by atoms with van der Waals surface area (Å²) in [4.78, 5) is 68.2. The van der Waals surface area contributed by atoms with E-state index in [1.165, 1.54) is 42.8 Å². The van der Waals surface area contributed by atoms with Gasteiger partial charge < -0.3 is 25.6 Å². The number of carbonyl (C=O) groups is 5. The van der Waals surface area contributed by atoms with Crippen molar-refractivity contribution < 1.29 is 38.8 Å². The lowest BCUT2D eigenvalue weighted by molar-refractivity contribution is -0.576. The zero-order chi connectivity index (χ0) is 27.8. The molecule has 0 bridgehead atoms. The number of imidazole rings is 1. The quantitative estimate of drug-likeness (QED) is 0.192. The van der Waals surface area contributed by atoms with Crippen LogP contribution in [-0.2, 0) is 9.59 Å². The van der Waals surface area contributed by atoms with Gasteiger partial charge in [0.1, 0.15) is 16.2 Å². The van der Waals surface area contributed by atoms with Gasteiger partial charge in [0.15, 0.2) is 0 Å². The van der Waals surface area contributed by atoms with E-state index >= 15 is 0 Å². The van der Waals surface area contributed by atoms with Gasteiger partial charge in [0.2, 0.25) is 17.5 Å². The SMILES string of the molecule is Cc1c(C(=O)c2nc(C(N)=O)n3cc(C4=C(C(=O)[O-])N5C(=O)[C@H]([C@@H](C)O)[C@H]5[C@H]4C)sc23)ccc[n+]1C(N)=O. The van der Waals surface area contributed by atoms with Crippen LogP contribution in [0.5, 0.6) is 0 Å². The second-order valence-electron chi connectivity index (χ2n) is 9.27. The van der Waals surface area contributed by atoms with Crippen LogP contribution in [-0.4, -0.2) is 61.1 Å². The van der Waals surface area contributed by atoms with Gasteiger partial charge in [-0.3, -0.25) is 24.5 Å². The smallest absolute Gasteiger partial charge is 0.493 e. The predicted molar refractivity (Wildman–Crippen MR) is 128 cm³/mol. The van der Waals surface area contributed by atoms with Crippen LogP contribution >= 0.6 is 11.3 Å². The molecule has 0 radical (unpaired) electrons. The summed E-state index contributed by atoms with van der Waals surface area (Å²) in [6.45, 7) is 4.72. The van der Waals surface area contributed by atoms with E-state index in [1.54, 1.807) is 6.92 Å². The monoisotopic (exact) mass is 538 g/mol. The molecule has 0 saturated carbocycles. The summed E-state index contributed by atoms with van der Waals surface area (Å²) in [5, 5.41) is 22.2. The van der Waals surface area contributed by atoms with Crippen molar-refractivity contribution in [3.05, 3.63) is 57.9 Å². The Morgan fingerprint density at radius 3 is 2.53 bits per heavy atom. The van der Waals surface area contributed by atoms with Gasteiger partial charge in [0.05, 0.1) is 46.4 Å². The maximum Gasteiger partial charge on any atom is 0.493 e. The van der Waals surface area contributed by atoms with Crippen LogP contribution in [0, 0.1) is 18.8 Å². The summed E-state index contributed by atoms with van der Waals surface area (Å²) in [6, 6.07) is 1.56. The van der Waals surface area contributed by atoms with Crippen LogP contribution in [0.2, 0.25) is 0 Å². The molecule has 4 atom stereocenters. The number of aliphatic hydroxyl groups excluding tert-OH is 1. The Kier molecular flexibility index (Phi) is 5.69. The maximum atomic E-state index is 13.6. The Morgan fingerprint density at radius 2 is 1.95 bits per heavy atom. The third-order valence-corrected chi connectivity index (χ3v) is 8.25. The van der Waals surface area contributed by atoms with Crippen LogP contribution < -0.4 is 21.1 Å². The molecule has 196 valence electrons.